The van der Waals surface area contributed by atoms with E-state index >= 15 is 0 Å². The van der Waals surface area contributed by atoms with Gasteiger partial charge >= 0.3 is 6.18 Å². The Morgan fingerprint density at radius 1 is 1.43 bits per heavy atom. The van der Waals surface area contributed by atoms with Crippen molar-refractivity contribution in [3.8, 4) is 17.3 Å². The molecule has 0 atom stereocenters. The van der Waals surface area contributed by atoms with Crippen LogP contribution in [-0.4, -0.2) is 40.2 Å². The van der Waals surface area contributed by atoms with E-state index in [0.29, 0.717) is 25.3 Å². The second-order valence-electron chi connectivity index (χ2n) is 5.02. The lowest BCUT2D eigenvalue weighted by atomic mass is 10.1. The molecule has 3 N–H and O–H groups in total. The van der Waals surface area contributed by atoms with Crippen LogP contribution >= 0.6 is 0 Å². The maximum Gasteiger partial charge on any atom is 0.419 e. The topological polar surface area (TPSA) is 94.6 Å². The summed E-state index contributed by atoms with van der Waals surface area (Å²) < 4.78 is 39.1. The fraction of sp³-hybridized carbons (Fsp3) is 0.357. The van der Waals surface area contributed by atoms with Crippen molar-refractivity contribution in [3.05, 3.63) is 35.3 Å². The molecule has 0 fully saturated rings. The van der Waals surface area contributed by atoms with Crippen LogP contribution in [0.3, 0.4) is 0 Å². The van der Waals surface area contributed by atoms with E-state index in [0.717, 1.165) is 11.6 Å². The summed E-state index contributed by atoms with van der Waals surface area (Å²) in [7, 11) is 1.85. The molecule has 2 heterocycles. The summed E-state index contributed by atoms with van der Waals surface area (Å²) in [6.45, 7) is 1.59. The molecular weight excluding hydrogens is 309 g/mol. The Hall–Kier alpha value is -2.44. The molecule has 0 saturated carbocycles. The molecule has 0 saturated heterocycles. The molecule has 2 aromatic rings. The van der Waals surface area contributed by atoms with E-state index in [1.165, 1.54) is 12.3 Å². The maximum absolute atomic E-state index is 13.0. The molecule has 6 nitrogen and oxygen atoms in total. The second kappa shape index (κ2) is 6.76. The van der Waals surface area contributed by atoms with Crippen molar-refractivity contribution in [3.63, 3.8) is 0 Å². The van der Waals surface area contributed by atoms with Crippen molar-refractivity contribution in [1.29, 1.82) is 5.26 Å². The standard InChI is InChI=1S/C14H15F3N6/c1-23(3-2-18)8-10-7-21-22-13(10)9-4-11(14(15,16)17)12(5-19)20-6-9/h4,6-7H,2-3,8,18H2,1H3,(H,21,22). The number of aromatic amines is 1. The third-order valence-electron chi connectivity index (χ3n) is 3.24. The average molecular weight is 324 g/mol. The minimum absolute atomic E-state index is 0.203. The molecule has 0 aliphatic rings. The van der Waals surface area contributed by atoms with E-state index in [2.05, 4.69) is 15.2 Å². The van der Waals surface area contributed by atoms with Crippen LogP contribution < -0.4 is 5.73 Å². The number of pyridine rings is 1. The number of likely N-dealkylation sites (N-methyl/N-ethyl adjacent to an activating group) is 1. The number of aromatic nitrogens is 3. The molecular formula is C14H15F3N6. The number of H-pyrrole nitrogens is 1. The lowest BCUT2D eigenvalue weighted by Gasteiger charge is -2.15. The van der Waals surface area contributed by atoms with Crippen molar-refractivity contribution >= 4 is 0 Å². The minimum Gasteiger partial charge on any atom is -0.329 e. The van der Waals surface area contributed by atoms with Gasteiger partial charge in [0, 0.05) is 43.2 Å². The Morgan fingerprint density at radius 3 is 2.78 bits per heavy atom. The van der Waals surface area contributed by atoms with E-state index < -0.39 is 17.4 Å². The first-order valence-electron chi connectivity index (χ1n) is 6.75. The zero-order valence-electron chi connectivity index (χ0n) is 12.4. The summed E-state index contributed by atoms with van der Waals surface area (Å²) in [4.78, 5) is 5.53. The van der Waals surface area contributed by atoms with E-state index in [9.17, 15) is 13.2 Å². The number of nitrogens with one attached hydrogen (secondary N) is 1. The summed E-state index contributed by atoms with van der Waals surface area (Å²) in [5, 5.41) is 15.4. The molecule has 0 amide bonds. The van der Waals surface area contributed by atoms with Crippen molar-refractivity contribution in [2.45, 2.75) is 12.7 Å². The lowest BCUT2D eigenvalue weighted by Crippen LogP contribution is -2.25. The van der Waals surface area contributed by atoms with Gasteiger partial charge in [-0.15, -0.1) is 0 Å². The summed E-state index contributed by atoms with van der Waals surface area (Å²) in [6.07, 6.45) is -1.81. The summed E-state index contributed by atoms with van der Waals surface area (Å²) in [6, 6.07) is 2.35. The summed E-state index contributed by atoms with van der Waals surface area (Å²) >= 11 is 0. The molecule has 0 spiro atoms. The van der Waals surface area contributed by atoms with Gasteiger partial charge in [0.2, 0.25) is 0 Å². The first-order chi connectivity index (χ1) is 10.9. The number of rotatable bonds is 5. The molecule has 9 heteroatoms. The van der Waals surface area contributed by atoms with Crippen molar-refractivity contribution in [2.75, 3.05) is 20.1 Å². The van der Waals surface area contributed by atoms with Crippen molar-refractivity contribution in [1.82, 2.24) is 20.1 Å². The Bertz CT molecular complexity index is 716. The van der Waals surface area contributed by atoms with E-state index in [1.54, 1.807) is 6.20 Å². The largest absolute Gasteiger partial charge is 0.419 e. The third kappa shape index (κ3) is 3.85. The Balaban J connectivity index is 2.41. The van der Waals surface area contributed by atoms with Crippen LogP contribution in [0.1, 0.15) is 16.8 Å². The fourth-order valence-corrected chi connectivity index (χ4v) is 2.18. The maximum atomic E-state index is 13.0. The highest BCUT2D eigenvalue weighted by Crippen LogP contribution is 2.34. The van der Waals surface area contributed by atoms with Gasteiger partial charge in [-0.2, -0.15) is 23.5 Å². The zero-order valence-corrected chi connectivity index (χ0v) is 12.4. The van der Waals surface area contributed by atoms with E-state index in [4.69, 9.17) is 11.0 Å². The molecule has 0 radical (unpaired) electrons. The van der Waals surface area contributed by atoms with E-state index in [-0.39, 0.29) is 5.56 Å². The number of nitrogens with zero attached hydrogens (tertiary/aromatic N) is 4. The third-order valence-corrected chi connectivity index (χ3v) is 3.24. The number of halogens is 3. The van der Waals surface area contributed by atoms with Gasteiger partial charge in [0.25, 0.3) is 0 Å². The molecule has 0 aliphatic carbocycles. The number of nitriles is 1. The molecule has 122 valence electrons. The normalized spacial score (nSPS) is 11.7. The first kappa shape index (κ1) is 16.9. The quantitative estimate of drug-likeness (QED) is 0.874. The molecule has 2 aromatic heterocycles. The van der Waals surface area contributed by atoms with Gasteiger partial charge in [-0.25, -0.2) is 4.98 Å². The second-order valence-corrected chi connectivity index (χ2v) is 5.02. The predicted molar refractivity (Wildman–Crippen MR) is 76.9 cm³/mol. The monoisotopic (exact) mass is 324 g/mol. The van der Waals surface area contributed by atoms with Gasteiger partial charge in [0.1, 0.15) is 6.07 Å². The van der Waals surface area contributed by atoms with Crippen LogP contribution in [0, 0.1) is 11.3 Å². The molecule has 0 aromatic carbocycles. The van der Waals surface area contributed by atoms with Crippen LogP contribution in [0.15, 0.2) is 18.5 Å². The number of hydrogen-bond donors (Lipinski definition) is 2. The number of nitrogens with two attached hydrogens (primary N) is 1. The highest BCUT2D eigenvalue weighted by Gasteiger charge is 2.35. The average Bonchev–Trinajstić information content (AvgIpc) is 2.94. The van der Waals surface area contributed by atoms with Crippen LogP contribution in [0.25, 0.3) is 11.3 Å². The number of hydrogen-bond acceptors (Lipinski definition) is 5. The van der Waals surface area contributed by atoms with Crippen molar-refractivity contribution in [2.24, 2.45) is 5.73 Å². The molecule has 0 aliphatic heterocycles. The summed E-state index contributed by atoms with van der Waals surface area (Å²) in [5.74, 6) is 0. The van der Waals surface area contributed by atoms with Crippen molar-refractivity contribution < 1.29 is 13.2 Å². The number of alkyl halides is 3. The molecule has 23 heavy (non-hydrogen) atoms. The highest BCUT2D eigenvalue weighted by atomic mass is 19.4. The lowest BCUT2D eigenvalue weighted by molar-refractivity contribution is -0.138. The highest BCUT2D eigenvalue weighted by molar-refractivity contribution is 5.63. The summed E-state index contributed by atoms with van der Waals surface area (Å²) in [5.41, 5.74) is 5.05. The van der Waals surface area contributed by atoms with Gasteiger partial charge in [0.05, 0.1) is 11.3 Å². The SMILES string of the molecule is CN(CCN)Cc1c[nH]nc1-c1cnc(C#N)c(C(F)(F)F)c1. The minimum atomic E-state index is -4.65. The van der Waals surface area contributed by atoms with Gasteiger partial charge < -0.3 is 10.6 Å². The smallest absolute Gasteiger partial charge is 0.329 e. The molecule has 2 rings (SSSR count). The van der Waals surface area contributed by atoms with Gasteiger partial charge in [-0.05, 0) is 13.1 Å². The van der Waals surface area contributed by atoms with Crippen LogP contribution in [0.5, 0.6) is 0 Å². The molecule has 0 bridgehead atoms. The first-order valence-corrected chi connectivity index (χ1v) is 6.75. The Morgan fingerprint density at radius 2 is 2.17 bits per heavy atom. The van der Waals surface area contributed by atoms with Crippen LogP contribution in [0.2, 0.25) is 0 Å². The Kier molecular flexibility index (Phi) is 4.98. The zero-order chi connectivity index (χ0) is 17.0. The Labute approximate surface area is 130 Å². The van der Waals surface area contributed by atoms with Gasteiger partial charge in [0.15, 0.2) is 5.69 Å². The van der Waals surface area contributed by atoms with Crippen LogP contribution in [0.4, 0.5) is 13.2 Å². The molecule has 0 unspecified atom stereocenters. The fourth-order valence-electron chi connectivity index (χ4n) is 2.18. The predicted octanol–water partition coefficient (Wildman–Crippen LogP) is 1.75. The van der Waals surface area contributed by atoms with Gasteiger partial charge in [-0.1, -0.05) is 0 Å². The van der Waals surface area contributed by atoms with Gasteiger partial charge in [-0.3, -0.25) is 5.10 Å². The van der Waals surface area contributed by atoms with E-state index in [1.807, 2.05) is 11.9 Å². The van der Waals surface area contributed by atoms with Crippen LogP contribution in [-0.2, 0) is 12.7 Å².